The van der Waals surface area contributed by atoms with Gasteiger partial charge in [0.1, 0.15) is 5.75 Å². The van der Waals surface area contributed by atoms with Gasteiger partial charge in [-0.3, -0.25) is 0 Å². The van der Waals surface area contributed by atoms with Gasteiger partial charge in [0, 0.05) is 17.6 Å². The van der Waals surface area contributed by atoms with Crippen LogP contribution in [0, 0.1) is 12.8 Å². The van der Waals surface area contributed by atoms with E-state index in [0.29, 0.717) is 5.92 Å². The van der Waals surface area contributed by atoms with Gasteiger partial charge in [-0.05, 0) is 44.0 Å². The largest absolute Gasteiger partial charge is 0.495 e. The fourth-order valence-electron chi connectivity index (χ4n) is 2.11. The Labute approximate surface area is 107 Å². The van der Waals surface area contributed by atoms with Gasteiger partial charge < -0.3 is 15.4 Å². The summed E-state index contributed by atoms with van der Waals surface area (Å²) in [5, 5.41) is 7.56. The highest BCUT2D eigenvalue weighted by Crippen LogP contribution is 2.31. The van der Waals surface area contributed by atoms with Crippen molar-refractivity contribution < 1.29 is 4.74 Å². The van der Waals surface area contributed by atoms with Crippen molar-refractivity contribution >= 4 is 17.3 Å². The Bertz CT molecular complexity index is 389. The second-order valence-corrected chi connectivity index (χ2v) is 4.95. The predicted octanol–water partition coefficient (Wildman–Crippen LogP) is 2.68. The van der Waals surface area contributed by atoms with Gasteiger partial charge in [-0.25, -0.2) is 0 Å². The van der Waals surface area contributed by atoms with Crippen LogP contribution in [0.25, 0.3) is 0 Å². The Kier molecular flexibility index (Phi) is 4.13. The molecule has 0 bridgehead atoms. The Balaban J connectivity index is 2.05. The number of hydrogen-bond donors (Lipinski definition) is 2. The first-order chi connectivity index (χ1) is 8.20. The van der Waals surface area contributed by atoms with Gasteiger partial charge in [0.2, 0.25) is 0 Å². The molecule has 0 saturated carbocycles. The molecule has 1 fully saturated rings. The highest BCUT2D eigenvalue weighted by molar-refractivity contribution is 6.31. The third-order valence-corrected chi connectivity index (χ3v) is 3.63. The molecule has 2 rings (SSSR count). The van der Waals surface area contributed by atoms with Crippen molar-refractivity contribution in [1.29, 1.82) is 0 Å². The van der Waals surface area contributed by atoms with Crippen LogP contribution in [0.15, 0.2) is 12.1 Å². The smallest absolute Gasteiger partial charge is 0.143 e. The number of aryl methyl sites for hydroxylation is 1. The molecule has 0 aliphatic carbocycles. The van der Waals surface area contributed by atoms with Crippen LogP contribution in [0.3, 0.4) is 0 Å². The van der Waals surface area contributed by atoms with Crippen LogP contribution < -0.4 is 15.4 Å². The molecule has 1 aromatic rings. The zero-order valence-electron chi connectivity index (χ0n) is 10.3. The van der Waals surface area contributed by atoms with Crippen LogP contribution in [0.1, 0.15) is 12.0 Å². The van der Waals surface area contributed by atoms with E-state index >= 15 is 0 Å². The third-order valence-electron chi connectivity index (χ3n) is 3.22. The van der Waals surface area contributed by atoms with Gasteiger partial charge in [-0.15, -0.1) is 0 Å². The van der Waals surface area contributed by atoms with E-state index in [1.165, 1.54) is 6.42 Å². The summed E-state index contributed by atoms with van der Waals surface area (Å²) in [5.74, 6) is 1.52. The topological polar surface area (TPSA) is 33.3 Å². The van der Waals surface area contributed by atoms with Crippen molar-refractivity contribution in [2.24, 2.45) is 5.92 Å². The molecule has 0 radical (unpaired) electrons. The highest BCUT2D eigenvalue weighted by atomic mass is 35.5. The van der Waals surface area contributed by atoms with Crippen molar-refractivity contribution in [2.45, 2.75) is 13.3 Å². The molecular weight excluding hydrogens is 236 g/mol. The monoisotopic (exact) mass is 254 g/mol. The van der Waals surface area contributed by atoms with Crippen LogP contribution >= 0.6 is 11.6 Å². The second-order valence-electron chi connectivity index (χ2n) is 4.54. The van der Waals surface area contributed by atoms with Crippen LogP contribution in [-0.2, 0) is 0 Å². The molecule has 4 heteroatoms. The van der Waals surface area contributed by atoms with E-state index in [1.807, 2.05) is 19.1 Å². The summed E-state index contributed by atoms with van der Waals surface area (Å²) in [4.78, 5) is 0. The lowest BCUT2D eigenvalue weighted by Gasteiger charge is -2.15. The molecule has 2 N–H and O–H groups in total. The summed E-state index contributed by atoms with van der Waals surface area (Å²) in [7, 11) is 1.67. The summed E-state index contributed by atoms with van der Waals surface area (Å²) < 4.78 is 5.33. The molecule has 3 nitrogen and oxygen atoms in total. The molecule has 0 spiro atoms. The Morgan fingerprint density at radius 1 is 1.53 bits per heavy atom. The standard InChI is InChI=1S/C13H19ClN2O/c1-9-5-12(13(17-2)6-11(9)14)16-8-10-3-4-15-7-10/h5-6,10,15-16H,3-4,7-8H2,1-2H3. The quantitative estimate of drug-likeness (QED) is 0.867. The molecule has 1 aromatic carbocycles. The van der Waals surface area contributed by atoms with E-state index in [-0.39, 0.29) is 0 Å². The van der Waals surface area contributed by atoms with E-state index in [4.69, 9.17) is 16.3 Å². The van der Waals surface area contributed by atoms with E-state index < -0.39 is 0 Å². The summed E-state index contributed by atoms with van der Waals surface area (Å²) in [6.07, 6.45) is 1.24. The molecule has 1 saturated heterocycles. The van der Waals surface area contributed by atoms with Crippen molar-refractivity contribution in [1.82, 2.24) is 5.32 Å². The first-order valence-corrected chi connectivity index (χ1v) is 6.37. The fraction of sp³-hybridized carbons (Fsp3) is 0.538. The molecule has 0 aromatic heterocycles. The summed E-state index contributed by atoms with van der Waals surface area (Å²) in [6, 6.07) is 3.91. The van der Waals surface area contributed by atoms with Crippen molar-refractivity contribution in [2.75, 3.05) is 32.1 Å². The minimum atomic E-state index is 0.704. The Morgan fingerprint density at radius 2 is 2.35 bits per heavy atom. The average Bonchev–Trinajstić information content (AvgIpc) is 2.83. The van der Waals surface area contributed by atoms with E-state index in [9.17, 15) is 0 Å². The zero-order valence-corrected chi connectivity index (χ0v) is 11.1. The SMILES string of the molecule is COc1cc(Cl)c(C)cc1NCC1CCNC1. The average molecular weight is 255 g/mol. The number of ether oxygens (including phenoxy) is 1. The summed E-state index contributed by atoms with van der Waals surface area (Å²) in [5.41, 5.74) is 2.10. The molecule has 1 aliphatic heterocycles. The molecule has 1 heterocycles. The Hall–Kier alpha value is -0.930. The molecule has 1 atom stereocenters. The van der Waals surface area contributed by atoms with Gasteiger partial charge in [0.25, 0.3) is 0 Å². The summed E-state index contributed by atoms with van der Waals surface area (Å²) in [6.45, 7) is 5.21. The first kappa shape index (κ1) is 12.5. The van der Waals surface area contributed by atoms with E-state index in [0.717, 1.165) is 41.7 Å². The molecule has 1 aliphatic rings. The van der Waals surface area contributed by atoms with Crippen LogP contribution in [-0.4, -0.2) is 26.7 Å². The van der Waals surface area contributed by atoms with Gasteiger partial charge in [-0.2, -0.15) is 0 Å². The zero-order chi connectivity index (χ0) is 12.3. The molecular formula is C13H19ClN2O. The second kappa shape index (κ2) is 5.61. The predicted molar refractivity (Wildman–Crippen MR) is 72.2 cm³/mol. The van der Waals surface area contributed by atoms with Crippen LogP contribution in [0.2, 0.25) is 5.02 Å². The van der Waals surface area contributed by atoms with Gasteiger partial charge in [0.15, 0.2) is 0 Å². The van der Waals surface area contributed by atoms with Crippen molar-refractivity contribution in [3.63, 3.8) is 0 Å². The third kappa shape index (κ3) is 3.05. The Morgan fingerprint density at radius 3 is 3.00 bits per heavy atom. The van der Waals surface area contributed by atoms with Crippen LogP contribution in [0.4, 0.5) is 5.69 Å². The van der Waals surface area contributed by atoms with Gasteiger partial charge in [0.05, 0.1) is 12.8 Å². The maximum atomic E-state index is 6.07. The number of hydrogen-bond acceptors (Lipinski definition) is 3. The fourth-order valence-corrected chi connectivity index (χ4v) is 2.27. The minimum absolute atomic E-state index is 0.704. The van der Waals surface area contributed by atoms with Crippen molar-refractivity contribution in [3.8, 4) is 5.75 Å². The van der Waals surface area contributed by atoms with Crippen molar-refractivity contribution in [3.05, 3.63) is 22.7 Å². The number of benzene rings is 1. The first-order valence-electron chi connectivity index (χ1n) is 5.99. The molecule has 17 heavy (non-hydrogen) atoms. The van der Waals surface area contributed by atoms with E-state index in [2.05, 4.69) is 10.6 Å². The summed E-state index contributed by atoms with van der Waals surface area (Å²) >= 11 is 6.07. The molecule has 0 amide bonds. The normalized spacial score (nSPS) is 19.4. The number of halogens is 1. The lowest BCUT2D eigenvalue weighted by molar-refractivity contribution is 0.416. The van der Waals surface area contributed by atoms with Crippen LogP contribution in [0.5, 0.6) is 5.75 Å². The van der Waals surface area contributed by atoms with Gasteiger partial charge >= 0.3 is 0 Å². The maximum absolute atomic E-state index is 6.07. The lowest BCUT2D eigenvalue weighted by Crippen LogP contribution is -2.17. The maximum Gasteiger partial charge on any atom is 0.143 e. The highest BCUT2D eigenvalue weighted by Gasteiger charge is 2.15. The van der Waals surface area contributed by atoms with E-state index in [1.54, 1.807) is 7.11 Å². The molecule has 1 unspecified atom stereocenters. The number of methoxy groups -OCH3 is 1. The number of anilines is 1. The van der Waals surface area contributed by atoms with Gasteiger partial charge in [-0.1, -0.05) is 11.6 Å². The number of nitrogens with one attached hydrogen (secondary N) is 2. The number of rotatable bonds is 4. The molecule has 94 valence electrons. The minimum Gasteiger partial charge on any atom is -0.495 e. The lowest BCUT2D eigenvalue weighted by atomic mass is 10.1.